The second-order valence-corrected chi connectivity index (χ2v) is 6.92. The van der Waals surface area contributed by atoms with Crippen LogP contribution in [0.5, 0.6) is 11.5 Å². The third-order valence-electron chi connectivity index (χ3n) is 4.61. The fraction of sp³-hybridized carbons (Fsp3) is 0.0435. The maximum absolute atomic E-state index is 14.1. The summed E-state index contributed by atoms with van der Waals surface area (Å²) in [6.45, 7) is 1.59. The monoisotopic (exact) mass is 426 g/mol. The highest BCUT2D eigenvalue weighted by Crippen LogP contribution is 2.40. The molecular formula is C23H13ClF2O4. The summed E-state index contributed by atoms with van der Waals surface area (Å²) in [4.78, 5) is 25.0. The maximum Gasteiger partial charge on any atom is 0.346 e. The lowest BCUT2D eigenvalue weighted by Gasteiger charge is -2.10. The van der Waals surface area contributed by atoms with Crippen molar-refractivity contribution in [3.8, 4) is 11.5 Å². The molecule has 1 aliphatic heterocycles. The van der Waals surface area contributed by atoms with E-state index in [1.54, 1.807) is 6.92 Å². The van der Waals surface area contributed by atoms with E-state index in [0.717, 1.165) is 6.07 Å². The Morgan fingerprint density at radius 2 is 1.77 bits per heavy atom. The molecule has 30 heavy (non-hydrogen) atoms. The van der Waals surface area contributed by atoms with Gasteiger partial charge >= 0.3 is 5.97 Å². The highest BCUT2D eigenvalue weighted by Gasteiger charge is 2.31. The van der Waals surface area contributed by atoms with Gasteiger partial charge in [-0.25, -0.2) is 13.6 Å². The Labute approximate surface area is 175 Å². The second kappa shape index (κ2) is 7.72. The first-order valence-electron chi connectivity index (χ1n) is 8.85. The summed E-state index contributed by atoms with van der Waals surface area (Å²) in [7, 11) is 0. The van der Waals surface area contributed by atoms with Gasteiger partial charge in [0.15, 0.2) is 5.76 Å². The smallest absolute Gasteiger partial charge is 0.346 e. The van der Waals surface area contributed by atoms with Crippen molar-refractivity contribution in [2.45, 2.75) is 6.92 Å². The third-order valence-corrected chi connectivity index (χ3v) is 4.94. The van der Waals surface area contributed by atoms with Crippen molar-refractivity contribution in [3.05, 3.63) is 99.3 Å². The molecule has 0 bridgehead atoms. The van der Waals surface area contributed by atoms with Crippen LogP contribution in [0, 0.1) is 18.6 Å². The third kappa shape index (κ3) is 3.46. The Morgan fingerprint density at radius 1 is 1.03 bits per heavy atom. The molecule has 1 heterocycles. The topological polar surface area (TPSA) is 52.6 Å². The van der Waals surface area contributed by atoms with Crippen molar-refractivity contribution in [2.75, 3.05) is 0 Å². The molecule has 4 rings (SSSR count). The van der Waals surface area contributed by atoms with Gasteiger partial charge in [0.2, 0.25) is 5.78 Å². The molecule has 150 valence electrons. The van der Waals surface area contributed by atoms with Crippen LogP contribution in [0.1, 0.15) is 31.8 Å². The highest BCUT2D eigenvalue weighted by molar-refractivity contribution is 6.32. The van der Waals surface area contributed by atoms with Crippen LogP contribution < -0.4 is 9.47 Å². The van der Waals surface area contributed by atoms with E-state index >= 15 is 0 Å². The van der Waals surface area contributed by atoms with E-state index in [0.29, 0.717) is 5.56 Å². The van der Waals surface area contributed by atoms with Gasteiger partial charge in [-0.15, -0.1) is 0 Å². The van der Waals surface area contributed by atoms with Gasteiger partial charge in [0.1, 0.15) is 23.1 Å². The fourth-order valence-corrected chi connectivity index (χ4v) is 3.26. The zero-order valence-electron chi connectivity index (χ0n) is 15.5. The summed E-state index contributed by atoms with van der Waals surface area (Å²) in [6, 6.07) is 12.4. The Bertz CT molecular complexity index is 1210. The van der Waals surface area contributed by atoms with Gasteiger partial charge in [0.25, 0.3) is 0 Å². The first kappa shape index (κ1) is 19.8. The van der Waals surface area contributed by atoms with Crippen LogP contribution >= 0.6 is 11.6 Å². The zero-order valence-corrected chi connectivity index (χ0v) is 16.3. The average Bonchev–Trinajstić information content (AvgIpc) is 3.03. The minimum atomic E-state index is -0.880. The standard InChI is InChI=1S/C23H13ClF2O4/c1-12-19(30-23(28)13-5-2-3-7-17(13)25)10-9-14-21(27)20(29-22(12)14)11-15-16(24)6-4-8-18(15)26/h2-11H,1H3/b20-11-. The van der Waals surface area contributed by atoms with E-state index in [1.807, 2.05) is 0 Å². The molecule has 0 amide bonds. The molecule has 7 heteroatoms. The number of rotatable bonds is 3. The van der Waals surface area contributed by atoms with Crippen LogP contribution in [0.4, 0.5) is 8.78 Å². The molecule has 4 nitrogen and oxygen atoms in total. The molecule has 0 unspecified atom stereocenters. The van der Waals surface area contributed by atoms with Crippen molar-refractivity contribution in [2.24, 2.45) is 0 Å². The van der Waals surface area contributed by atoms with E-state index in [-0.39, 0.29) is 39.0 Å². The summed E-state index contributed by atoms with van der Waals surface area (Å²) >= 11 is 6.01. The Kier molecular flexibility index (Phi) is 5.10. The van der Waals surface area contributed by atoms with Crippen molar-refractivity contribution < 1.29 is 27.8 Å². The van der Waals surface area contributed by atoms with Crippen molar-refractivity contribution in [1.82, 2.24) is 0 Å². The van der Waals surface area contributed by atoms with Gasteiger partial charge in [-0.3, -0.25) is 4.79 Å². The number of fused-ring (bicyclic) bond motifs is 1. The molecule has 0 aromatic heterocycles. The van der Waals surface area contributed by atoms with Crippen molar-refractivity contribution in [3.63, 3.8) is 0 Å². The fourth-order valence-electron chi connectivity index (χ4n) is 3.04. The zero-order chi connectivity index (χ0) is 21.4. The molecule has 0 N–H and O–H groups in total. The molecule has 0 saturated heterocycles. The SMILES string of the molecule is Cc1c(OC(=O)c2ccccc2F)ccc2c1O/C(=C\c1c(F)cccc1Cl)C2=O. The number of Topliss-reactive ketones (excluding diaryl/α,β-unsaturated/α-hetero) is 1. The lowest BCUT2D eigenvalue weighted by Crippen LogP contribution is -2.11. The Balaban J connectivity index is 1.66. The van der Waals surface area contributed by atoms with E-state index in [4.69, 9.17) is 21.1 Å². The summed E-state index contributed by atoms with van der Waals surface area (Å²) in [5.41, 5.74) is 0.411. The molecule has 3 aromatic carbocycles. The molecule has 1 aliphatic rings. The number of allylic oxidation sites excluding steroid dienone is 1. The van der Waals surface area contributed by atoms with Gasteiger partial charge in [0.05, 0.1) is 16.1 Å². The number of ether oxygens (including phenoxy) is 2. The van der Waals surface area contributed by atoms with E-state index in [1.165, 1.54) is 54.6 Å². The minimum absolute atomic E-state index is 0.0270. The minimum Gasteiger partial charge on any atom is -0.452 e. The first-order valence-corrected chi connectivity index (χ1v) is 9.23. The number of hydrogen-bond donors (Lipinski definition) is 0. The number of benzene rings is 3. The number of halogens is 3. The molecule has 0 fully saturated rings. The molecule has 0 spiro atoms. The average molecular weight is 427 g/mol. The second-order valence-electron chi connectivity index (χ2n) is 6.51. The van der Waals surface area contributed by atoms with Crippen molar-refractivity contribution >= 4 is 29.4 Å². The highest BCUT2D eigenvalue weighted by atomic mass is 35.5. The van der Waals surface area contributed by atoms with Crippen LogP contribution in [0.3, 0.4) is 0 Å². The molecule has 0 saturated carbocycles. The largest absolute Gasteiger partial charge is 0.452 e. The van der Waals surface area contributed by atoms with Gasteiger partial charge in [-0.2, -0.15) is 0 Å². The normalized spacial score (nSPS) is 13.9. The van der Waals surface area contributed by atoms with Gasteiger partial charge in [-0.05, 0) is 49.4 Å². The van der Waals surface area contributed by atoms with E-state index < -0.39 is 23.4 Å². The Morgan fingerprint density at radius 3 is 2.50 bits per heavy atom. The van der Waals surface area contributed by atoms with Gasteiger partial charge in [0, 0.05) is 11.1 Å². The quantitative estimate of drug-likeness (QED) is 0.303. The molecular weight excluding hydrogens is 414 g/mol. The number of esters is 1. The lowest BCUT2D eigenvalue weighted by atomic mass is 10.1. The summed E-state index contributed by atoms with van der Waals surface area (Å²) in [5, 5.41) is 0.131. The van der Waals surface area contributed by atoms with Gasteiger partial charge < -0.3 is 9.47 Å². The van der Waals surface area contributed by atoms with E-state index in [2.05, 4.69) is 0 Å². The molecule has 0 aliphatic carbocycles. The summed E-state index contributed by atoms with van der Waals surface area (Å²) in [5.74, 6) is -2.47. The van der Waals surface area contributed by atoms with E-state index in [9.17, 15) is 18.4 Å². The lowest BCUT2D eigenvalue weighted by molar-refractivity contribution is 0.0728. The predicted octanol–water partition coefficient (Wildman–Crippen LogP) is 5.76. The van der Waals surface area contributed by atoms with Crippen LogP contribution in [0.15, 0.2) is 60.4 Å². The van der Waals surface area contributed by atoms with Crippen LogP contribution in [0.2, 0.25) is 5.02 Å². The molecule has 3 aromatic rings. The van der Waals surface area contributed by atoms with Gasteiger partial charge in [-0.1, -0.05) is 29.8 Å². The van der Waals surface area contributed by atoms with Crippen LogP contribution in [-0.4, -0.2) is 11.8 Å². The predicted molar refractivity (Wildman–Crippen MR) is 107 cm³/mol. The first-order chi connectivity index (χ1) is 14.4. The number of hydrogen-bond acceptors (Lipinski definition) is 4. The van der Waals surface area contributed by atoms with Crippen LogP contribution in [0.25, 0.3) is 6.08 Å². The van der Waals surface area contributed by atoms with Crippen molar-refractivity contribution in [1.29, 1.82) is 0 Å². The molecule has 0 radical (unpaired) electrons. The summed E-state index contributed by atoms with van der Waals surface area (Å²) in [6.07, 6.45) is 1.23. The number of carbonyl (C=O) groups is 2. The molecule has 0 atom stereocenters. The van der Waals surface area contributed by atoms with Crippen LogP contribution in [-0.2, 0) is 0 Å². The summed E-state index contributed by atoms with van der Waals surface area (Å²) < 4.78 is 38.8. The maximum atomic E-state index is 14.1. The Hall–Kier alpha value is -3.51. The number of carbonyl (C=O) groups excluding carboxylic acids is 2. The number of ketones is 1.